The van der Waals surface area contributed by atoms with Gasteiger partial charge in [0, 0.05) is 44.1 Å². The monoisotopic (exact) mass is 370 g/mol. The second kappa shape index (κ2) is 9.55. The van der Waals surface area contributed by atoms with E-state index in [1.165, 1.54) is 25.8 Å². The number of nitrogens with zero attached hydrogens (tertiary/aromatic N) is 3. The highest BCUT2D eigenvalue weighted by Crippen LogP contribution is 2.16. The van der Waals surface area contributed by atoms with Crippen molar-refractivity contribution in [3.8, 4) is 5.75 Å². The van der Waals surface area contributed by atoms with Gasteiger partial charge in [-0.1, -0.05) is 6.42 Å². The van der Waals surface area contributed by atoms with E-state index < -0.39 is 0 Å². The summed E-state index contributed by atoms with van der Waals surface area (Å²) in [5, 5.41) is 3.01. The van der Waals surface area contributed by atoms with E-state index in [0.29, 0.717) is 24.8 Å². The van der Waals surface area contributed by atoms with Crippen LogP contribution in [0, 0.1) is 0 Å². The van der Waals surface area contributed by atoms with E-state index in [1.807, 2.05) is 29.9 Å². The summed E-state index contributed by atoms with van der Waals surface area (Å²) in [5.74, 6) is 1.56. The molecule has 6 heteroatoms. The van der Waals surface area contributed by atoms with Gasteiger partial charge in [0.1, 0.15) is 18.2 Å². The zero-order valence-electron chi connectivity index (χ0n) is 16.4. The van der Waals surface area contributed by atoms with Crippen molar-refractivity contribution in [1.29, 1.82) is 0 Å². The number of likely N-dealkylation sites (tertiary alicyclic amines) is 1. The Kier molecular flexibility index (Phi) is 6.87. The Balaban J connectivity index is 1.39. The van der Waals surface area contributed by atoms with Gasteiger partial charge in [-0.15, -0.1) is 0 Å². The highest BCUT2D eigenvalue weighted by Gasteiger charge is 2.17. The van der Waals surface area contributed by atoms with Crippen molar-refractivity contribution in [1.82, 2.24) is 19.8 Å². The average Bonchev–Trinajstić information content (AvgIpc) is 3.10. The Hall–Kier alpha value is -2.34. The van der Waals surface area contributed by atoms with Gasteiger partial charge in [0.05, 0.1) is 0 Å². The molecule has 0 saturated carbocycles. The second-order valence-electron chi connectivity index (χ2n) is 7.26. The second-order valence-corrected chi connectivity index (χ2v) is 7.26. The lowest BCUT2D eigenvalue weighted by Crippen LogP contribution is -2.39. The summed E-state index contributed by atoms with van der Waals surface area (Å²) in [7, 11) is 1.94. The predicted molar refractivity (Wildman–Crippen MR) is 106 cm³/mol. The molecule has 1 saturated heterocycles. The molecule has 2 heterocycles. The van der Waals surface area contributed by atoms with Crippen molar-refractivity contribution in [3.63, 3.8) is 0 Å². The van der Waals surface area contributed by atoms with Crippen molar-refractivity contribution in [2.75, 3.05) is 19.6 Å². The minimum absolute atomic E-state index is 0.0302. The molecule has 2 aromatic rings. The molecule has 1 aromatic carbocycles. The van der Waals surface area contributed by atoms with Gasteiger partial charge < -0.3 is 19.5 Å². The lowest BCUT2D eigenvalue weighted by Gasteiger charge is -2.33. The third-order valence-electron chi connectivity index (χ3n) is 5.25. The van der Waals surface area contributed by atoms with Gasteiger partial charge >= 0.3 is 0 Å². The van der Waals surface area contributed by atoms with E-state index in [-0.39, 0.29) is 5.91 Å². The van der Waals surface area contributed by atoms with Crippen LogP contribution >= 0.6 is 0 Å². The summed E-state index contributed by atoms with van der Waals surface area (Å²) in [6, 6.07) is 7.93. The lowest BCUT2D eigenvalue weighted by molar-refractivity contribution is 0.0949. The van der Waals surface area contributed by atoms with E-state index in [0.717, 1.165) is 24.5 Å². The number of carbonyl (C=O) groups is 1. The molecule has 1 N–H and O–H groups in total. The molecule has 1 aliphatic heterocycles. The fraction of sp³-hybridized carbons (Fsp3) is 0.524. The quantitative estimate of drug-likeness (QED) is 0.726. The molecule has 1 aromatic heterocycles. The molecule has 0 unspecified atom stereocenters. The number of imidazole rings is 1. The first kappa shape index (κ1) is 19.4. The first-order valence-corrected chi connectivity index (χ1v) is 9.85. The zero-order valence-corrected chi connectivity index (χ0v) is 16.4. The lowest BCUT2D eigenvalue weighted by atomic mass is 10.0. The summed E-state index contributed by atoms with van der Waals surface area (Å²) in [6.45, 7) is 5.66. The van der Waals surface area contributed by atoms with Crippen molar-refractivity contribution < 1.29 is 9.53 Å². The van der Waals surface area contributed by atoms with Gasteiger partial charge in [-0.05, 0) is 57.0 Å². The summed E-state index contributed by atoms with van der Waals surface area (Å²) < 4.78 is 7.64. The van der Waals surface area contributed by atoms with Crippen LogP contribution in [0.4, 0.5) is 0 Å². The maximum atomic E-state index is 12.3. The summed E-state index contributed by atoms with van der Waals surface area (Å²) in [4.78, 5) is 19.0. The first-order valence-electron chi connectivity index (χ1n) is 9.85. The van der Waals surface area contributed by atoms with Crippen LogP contribution in [0.1, 0.15) is 48.8 Å². The number of rotatable bonds is 8. The number of carbonyl (C=O) groups excluding carboxylic acids is 1. The number of benzene rings is 1. The van der Waals surface area contributed by atoms with Crippen LogP contribution in [-0.4, -0.2) is 46.0 Å². The topological polar surface area (TPSA) is 59.4 Å². The molecule has 0 aliphatic carbocycles. The Morgan fingerprint density at radius 1 is 1.30 bits per heavy atom. The zero-order chi connectivity index (χ0) is 19.1. The molecule has 0 bridgehead atoms. The largest absolute Gasteiger partial charge is 0.486 e. The van der Waals surface area contributed by atoms with Crippen LogP contribution in [0.5, 0.6) is 5.75 Å². The van der Waals surface area contributed by atoms with Crippen LogP contribution in [0.15, 0.2) is 36.7 Å². The Morgan fingerprint density at radius 3 is 2.81 bits per heavy atom. The van der Waals surface area contributed by atoms with E-state index in [1.54, 1.807) is 18.3 Å². The fourth-order valence-electron chi connectivity index (χ4n) is 3.46. The molecule has 0 spiro atoms. The van der Waals surface area contributed by atoms with Crippen molar-refractivity contribution >= 4 is 5.91 Å². The van der Waals surface area contributed by atoms with Crippen LogP contribution in [0.2, 0.25) is 0 Å². The number of hydrogen-bond donors (Lipinski definition) is 1. The number of nitrogens with one attached hydrogen (secondary N) is 1. The van der Waals surface area contributed by atoms with Gasteiger partial charge in [-0.3, -0.25) is 4.79 Å². The number of ether oxygens (including phenoxy) is 1. The number of hydrogen-bond acceptors (Lipinski definition) is 4. The first-order chi connectivity index (χ1) is 13.1. The normalized spacial score (nSPS) is 17.6. The van der Waals surface area contributed by atoms with Gasteiger partial charge in [-0.2, -0.15) is 0 Å². The molecule has 1 aliphatic rings. The standard InChI is InChI=1S/C21H30N4O2/c1-17-6-3-4-13-25(17)14-5-11-23-21(26)18-7-9-19(10-8-18)27-16-20-22-12-15-24(20)2/h7-10,12,15,17H,3-6,11,13-14,16H2,1-2H3,(H,23,26)/t17-/m0/s1. The average molecular weight is 370 g/mol. The smallest absolute Gasteiger partial charge is 0.251 e. The maximum Gasteiger partial charge on any atom is 0.251 e. The molecule has 27 heavy (non-hydrogen) atoms. The Bertz CT molecular complexity index is 726. The molecule has 6 nitrogen and oxygen atoms in total. The van der Waals surface area contributed by atoms with Gasteiger partial charge in [-0.25, -0.2) is 4.98 Å². The third-order valence-corrected chi connectivity index (χ3v) is 5.25. The molecular formula is C21H30N4O2. The van der Waals surface area contributed by atoms with Crippen LogP contribution in [-0.2, 0) is 13.7 Å². The summed E-state index contributed by atoms with van der Waals surface area (Å²) in [6.07, 6.45) is 8.55. The minimum atomic E-state index is -0.0302. The Labute approximate surface area is 161 Å². The Morgan fingerprint density at radius 2 is 2.11 bits per heavy atom. The van der Waals surface area contributed by atoms with Crippen LogP contribution < -0.4 is 10.1 Å². The number of piperidine rings is 1. The van der Waals surface area contributed by atoms with Crippen LogP contribution in [0.3, 0.4) is 0 Å². The molecule has 1 fully saturated rings. The SMILES string of the molecule is C[C@H]1CCCCN1CCCNC(=O)c1ccc(OCc2nccn2C)cc1. The highest BCUT2D eigenvalue weighted by atomic mass is 16.5. The third kappa shape index (κ3) is 5.57. The fourth-order valence-corrected chi connectivity index (χ4v) is 3.46. The molecule has 0 radical (unpaired) electrons. The van der Waals surface area contributed by atoms with Gasteiger partial charge in [0.15, 0.2) is 0 Å². The van der Waals surface area contributed by atoms with Crippen molar-refractivity contribution in [3.05, 3.63) is 48.0 Å². The molecule has 3 rings (SSSR count). The number of aryl methyl sites for hydroxylation is 1. The van der Waals surface area contributed by atoms with Gasteiger partial charge in [0.25, 0.3) is 5.91 Å². The number of aromatic nitrogens is 2. The maximum absolute atomic E-state index is 12.3. The van der Waals surface area contributed by atoms with E-state index >= 15 is 0 Å². The highest BCUT2D eigenvalue weighted by molar-refractivity contribution is 5.94. The van der Waals surface area contributed by atoms with Gasteiger partial charge in [0.2, 0.25) is 0 Å². The van der Waals surface area contributed by atoms with Crippen molar-refractivity contribution in [2.45, 2.75) is 45.3 Å². The summed E-state index contributed by atoms with van der Waals surface area (Å²) in [5.41, 5.74) is 0.658. The van der Waals surface area contributed by atoms with Crippen LogP contribution in [0.25, 0.3) is 0 Å². The molecule has 146 valence electrons. The molecule has 1 atom stereocenters. The van der Waals surface area contributed by atoms with Crippen molar-refractivity contribution in [2.24, 2.45) is 7.05 Å². The minimum Gasteiger partial charge on any atom is -0.486 e. The van der Waals surface area contributed by atoms with E-state index in [2.05, 4.69) is 22.1 Å². The van der Waals surface area contributed by atoms with E-state index in [9.17, 15) is 4.79 Å². The number of amides is 1. The van der Waals surface area contributed by atoms with E-state index in [4.69, 9.17) is 4.74 Å². The molecule has 1 amide bonds. The summed E-state index contributed by atoms with van der Waals surface area (Å²) >= 11 is 0. The predicted octanol–water partition coefficient (Wildman–Crippen LogP) is 2.99. The molecular weight excluding hydrogens is 340 g/mol.